The first-order valence-corrected chi connectivity index (χ1v) is 9.16. The Bertz CT molecular complexity index is 777. The lowest BCUT2D eigenvalue weighted by atomic mass is 10.00. The summed E-state index contributed by atoms with van der Waals surface area (Å²) < 4.78 is 11.2. The summed E-state index contributed by atoms with van der Waals surface area (Å²) in [6.07, 6.45) is -0.677. The van der Waals surface area contributed by atoms with Gasteiger partial charge in [0, 0.05) is 36.3 Å². The third kappa shape index (κ3) is 4.34. The number of ether oxygens (including phenoxy) is 2. The number of aliphatic hydroxyl groups is 3. The molecule has 0 aliphatic carbocycles. The summed E-state index contributed by atoms with van der Waals surface area (Å²) in [5, 5.41) is 30.9. The predicted octanol–water partition coefficient (Wildman–Crippen LogP) is 1.03. The molecular formula is C20H28N2O5. The van der Waals surface area contributed by atoms with Crippen LogP contribution in [0.5, 0.6) is 5.75 Å². The average Bonchev–Trinajstić information content (AvgIpc) is 3.05. The molecule has 1 saturated heterocycles. The highest BCUT2D eigenvalue weighted by molar-refractivity contribution is 5.84. The van der Waals surface area contributed by atoms with Crippen molar-refractivity contribution in [2.75, 3.05) is 20.1 Å². The first kappa shape index (κ1) is 19.9. The van der Waals surface area contributed by atoms with Gasteiger partial charge in [-0.2, -0.15) is 0 Å². The number of fused-ring (bicyclic) bond motifs is 1. The van der Waals surface area contributed by atoms with E-state index in [1.54, 1.807) is 6.92 Å². The molecule has 148 valence electrons. The number of rotatable bonds is 7. The van der Waals surface area contributed by atoms with Crippen molar-refractivity contribution in [3.63, 3.8) is 0 Å². The Morgan fingerprint density at radius 2 is 2.04 bits per heavy atom. The Morgan fingerprint density at radius 3 is 2.78 bits per heavy atom. The number of nitrogens with zero attached hydrogens (tertiary/aromatic N) is 1. The Balaban J connectivity index is 1.69. The van der Waals surface area contributed by atoms with E-state index in [1.807, 2.05) is 30.5 Å². The molecule has 4 N–H and O–H groups in total. The van der Waals surface area contributed by atoms with Crippen molar-refractivity contribution in [3.8, 4) is 5.75 Å². The van der Waals surface area contributed by atoms with Crippen molar-refractivity contribution in [1.29, 1.82) is 0 Å². The van der Waals surface area contributed by atoms with Gasteiger partial charge in [-0.05, 0) is 38.1 Å². The fraction of sp³-hybridized carbons (Fsp3) is 0.500. The predicted molar refractivity (Wildman–Crippen MR) is 103 cm³/mol. The van der Waals surface area contributed by atoms with Gasteiger partial charge in [-0.25, -0.2) is 0 Å². The van der Waals surface area contributed by atoms with Gasteiger partial charge in [0.15, 0.2) is 0 Å². The summed E-state index contributed by atoms with van der Waals surface area (Å²) in [6, 6.07) is 5.61. The highest BCUT2D eigenvalue weighted by Crippen LogP contribution is 2.28. The van der Waals surface area contributed by atoms with Crippen LogP contribution in [0.15, 0.2) is 37.1 Å². The Morgan fingerprint density at radius 1 is 1.26 bits per heavy atom. The quantitative estimate of drug-likeness (QED) is 0.539. The van der Waals surface area contributed by atoms with Gasteiger partial charge in [-0.1, -0.05) is 6.08 Å². The van der Waals surface area contributed by atoms with Gasteiger partial charge in [-0.3, -0.25) is 0 Å². The molecule has 3 rings (SSSR count). The standard InChI is InChI=1S/C20H28N2O5/c1-4-8-22(3)9-7-13-11-21-16-10-14(5-6-15(13)16)27-20-19(25)18(24)17(23)12(2)26-20/h4-6,10-12,17-21,23-25H,1,7-9H2,2-3H3. The molecule has 1 aliphatic heterocycles. The molecule has 7 nitrogen and oxygen atoms in total. The molecule has 2 heterocycles. The lowest BCUT2D eigenvalue weighted by Crippen LogP contribution is -2.58. The summed E-state index contributed by atoms with van der Waals surface area (Å²) in [5.41, 5.74) is 2.14. The molecule has 1 aromatic carbocycles. The van der Waals surface area contributed by atoms with Gasteiger partial charge >= 0.3 is 0 Å². The Kier molecular flexibility index (Phi) is 6.18. The van der Waals surface area contributed by atoms with Crippen LogP contribution in [-0.2, 0) is 11.2 Å². The number of aromatic nitrogens is 1. The van der Waals surface area contributed by atoms with Crippen LogP contribution in [0.3, 0.4) is 0 Å². The van der Waals surface area contributed by atoms with Crippen molar-refractivity contribution in [1.82, 2.24) is 9.88 Å². The van der Waals surface area contributed by atoms with Crippen molar-refractivity contribution in [2.45, 2.75) is 44.1 Å². The van der Waals surface area contributed by atoms with Crippen LogP contribution < -0.4 is 4.74 Å². The monoisotopic (exact) mass is 376 g/mol. The zero-order valence-corrected chi connectivity index (χ0v) is 15.7. The van der Waals surface area contributed by atoms with Crippen LogP contribution in [0.2, 0.25) is 0 Å². The second kappa shape index (κ2) is 8.41. The summed E-state index contributed by atoms with van der Waals surface area (Å²) in [6.45, 7) is 7.16. The summed E-state index contributed by atoms with van der Waals surface area (Å²) >= 11 is 0. The number of hydrogen-bond donors (Lipinski definition) is 4. The first-order chi connectivity index (χ1) is 12.9. The van der Waals surface area contributed by atoms with Crippen LogP contribution in [0, 0.1) is 0 Å². The van der Waals surface area contributed by atoms with Crippen LogP contribution in [-0.4, -0.2) is 76.0 Å². The number of H-pyrrole nitrogens is 1. The average molecular weight is 376 g/mol. The van der Waals surface area contributed by atoms with E-state index in [9.17, 15) is 15.3 Å². The normalized spacial score (nSPS) is 28.6. The maximum atomic E-state index is 10.1. The number of likely N-dealkylation sites (N-methyl/N-ethyl adjacent to an activating group) is 1. The molecule has 1 aromatic heterocycles. The zero-order chi connectivity index (χ0) is 19.6. The highest BCUT2D eigenvalue weighted by Gasteiger charge is 2.43. The molecule has 1 fully saturated rings. The van der Waals surface area contributed by atoms with Crippen molar-refractivity contribution < 1.29 is 24.8 Å². The summed E-state index contributed by atoms with van der Waals surface area (Å²) in [5.74, 6) is 0.513. The Labute approximate surface area is 158 Å². The van der Waals surface area contributed by atoms with E-state index in [1.165, 1.54) is 5.56 Å². The second-order valence-corrected chi connectivity index (χ2v) is 7.12. The maximum Gasteiger partial charge on any atom is 0.229 e. The van der Waals surface area contributed by atoms with Crippen LogP contribution in [0.1, 0.15) is 12.5 Å². The van der Waals surface area contributed by atoms with E-state index in [-0.39, 0.29) is 0 Å². The molecule has 27 heavy (non-hydrogen) atoms. The molecule has 0 amide bonds. The van der Waals surface area contributed by atoms with Gasteiger partial charge < -0.3 is 34.7 Å². The minimum Gasteiger partial charge on any atom is -0.462 e. The summed E-state index contributed by atoms with van der Waals surface area (Å²) in [7, 11) is 2.06. The highest BCUT2D eigenvalue weighted by atomic mass is 16.7. The van der Waals surface area contributed by atoms with E-state index < -0.39 is 30.7 Å². The third-order valence-corrected chi connectivity index (χ3v) is 5.00. The molecule has 1 aliphatic rings. The molecule has 0 radical (unpaired) electrons. The number of nitrogens with one attached hydrogen (secondary N) is 1. The lowest BCUT2D eigenvalue weighted by molar-refractivity contribution is -0.268. The van der Waals surface area contributed by atoms with Crippen LogP contribution in [0.25, 0.3) is 10.9 Å². The number of hydrogen-bond acceptors (Lipinski definition) is 6. The smallest absolute Gasteiger partial charge is 0.229 e. The van der Waals surface area contributed by atoms with E-state index in [4.69, 9.17) is 9.47 Å². The topological polar surface area (TPSA) is 98.2 Å². The maximum absolute atomic E-state index is 10.1. The molecule has 0 saturated carbocycles. The van der Waals surface area contributed by atoms with Crippen molar-refractivity contribution >= 4 is 10.9 Å². The zero-order valence-electron chi connectivity index (χ0n) is 15.7. The minimum absolute atomic E-state index is 0.513. The van der Waals surface area contributed by atoms with Crippen LogP contribution in [0.4, 0.5) is 0 Å². The molecular weight excluding hydrogens is 348 g/mol. The number of aliphatic hydroxyl groups excluding tert-OH is 3. The van der Waals surface area contributed by atoms with Gasteiger partial charge in [0.05, 0.1) is 6.10 Å². The van der Waals surface area contributed by atoms with Gasteiger partial charge in [0.25, 0.3) is 0 Å². The number of benzene rings is 1. The van der Waals surface area contributed by atoms with Gasteiger partial charge in [0.1, 0.15) is 24.1 Å². The van der Waals surface area contributed by atoms with E-state index in [0.29, 0.717) is 5.75 Å². The summed E-state index contributed by atoms with van der Waals surface area (Å²) in [4.78, 5) is 5.45. The van der Waals surface area contributed by atoms with Crippen molar-refractivity contribution in [2.24, 2.45) is 0 Å². The first-order valence-electron chi connectivity index (χ1n) is 9.16. The van der Waals surface area contributed by atoms with E-state index in [0.717, 1.165) is 30.4 Å². The minimum atomic E-state index is -1.33. The fourth-order valence-corrected chi connectivity index (χ4v) is 3.31. The van der Waals surface area contributed by atoms with E-state index >= 15 is 0 Å². The lowest BCUT2D eigenvalue weighted by Gasteiger charge is -2.38. The van der Waals surface area contributed by atoms with Crippen LogP contribution >= 0.6 is 0 Å². The SMILES string of the molecule is C=CCN(C)CCc1c[nH]c2cc(OC3OC(C)C(O)C(O)C3O)ccc12. The molecule has 5 unspecified atom stereocenters. The van der Waals surface area contributed by atoms with Gasteiger partial charge in [-0.15, -0.1) is 6.58 Å². The molecule has 0 bridgehead atoms. The molecule has 2 aromatic rings. The second-order valence-electron chi connectivity index (χ2n) is 7.12. The van der Waals surface area contributed by atoms with Gasteiger partial charge in [0.2, 0.25) is 6.29 Å². The Hall–Kier alpha value is -1.90. The largest absolute Gasteiger partial charge is 0.462 e. The molecule has 5 atom stereocenters. The number of aromatic amines is 1. The fourth-order valence-electron chi connectivity index (χ4n) is 3.31. The third-order valence-electron chi connectivity index (χ3n) is 5.00. The molecule has 0 spiro atoms. The molecule has 7 heteroatoms. The van der Waals surface area contributed by atoms with E-state index in [2.05, 4.69) is 23.5 Å². The van der Waals surface area contributed by atoms with Crippen molar-refractivity contribution in [3.05, 3.63) is 42.6 Å².